The normalized spacial score (nSPS) is 11.2. The van der Waals surface area contributed by atoms with Crippen molar-refractivity contribution in [3.63, 3.8) is 0 Å². The molecule has 2 heterocycles. The highest BCUT2D eigenvalue weighted by Gasteiger charge is 2.11. The van der Waals surface area contributed by atoms with Crippen molar-refractivity contribution in [2.75, 3.05) is 14.2 Å². The van der Waals surface area contributed by atoms with Crippen LogP contribution in [0.5, 0.6) is 17.2 Å². The van der Waals surface area contributed by atoms with Gasteiger partial charge in [0, 0.05) is 6.07 Å². The van der Waals surface area contributed by atoms with E-state index in [0.717, 1.165) is 17.0 Å². The summed E-state index contributed by atoms with van der Waals surface area (Å²) >= 11 is 0. The van der Waals surface area contributed by atoms with E-state index in [1.165, 1.54) is 13.4 Å². The average molecular weight is 390 g/mol. The van der Waals surface area contributed by atoms with E-state index in [2.05, 4.69) is 25.3 Å². The van der Waals surface area contributed by atoms with Crippen molar-refractivity contribution in [1.29, 1.82) is 0 Å². The number of ether oxygens (including phenoxy) is 2. The van der Waals surface area contributed by atoms with Gasteiger partial charge in [0.15, 0.2) is 23.0 Å². The Morgan fingerprint density at radius 1 is 1.07 bits per heavy atom. The highest BCUT2D eigenvalue weighted by Crippen LogP contribution is 2.28. The first kappa shape index (κ1) is 18.4. The number of rotatable bonds is 6. The fraction of sp³-hybridized carbons (Fsp3) is 0.150. The number of hydrogen-bond donors (Lipinski definition) is 1. The standard InChI is InChI=1S/C20H18N6O3/c1-28-15-5-3-4-14(9-15)26-20-16(11-24-26)19(21-12-22-20)25-23-10-13-6-7-17(27)18(8-13)29-2/h3-9,11-12,27H,10H2,1-2H3. The van der Waals surface area contributed by atoms with Crippen LogP contribution in [0, 0.1) is 0 Å². The lowest BCUT2D eigenvalue weighted by Gasteiger charge is -2.05. The molecular formula is C20H18N6O3. The molecule has 2 aromatic carbocycles. The zero-order valence-electron chi connectivity index (χ0n) is 15.9. The van der Waals surface area contributed by atoms with Gasteiger partial charge in [-0.3, -0.25) is 0 Å². The molecule has 0 saturated heterocycles. The maximum atomic E-state index is 9.67. The molecule has 9 nitrogen and oxygen atoms in total. The summed E-state index contributed by atoms with van der Waals surface area (Å²) < 4.78 is 12.1. The Morgan fingerprint density at radius 2 is 1.97 bits per heavy atom. The fourth-order valence-corrected chi connectivity index (χ4v) is 2.85. The van der Waals surface area contributed by atoms with Gasteiger partial charge in [0.25, 0.3) is 0 Å². The Hall–Kier alpha value is -4.01. The number of aromatic hydroxyl groups is 1. The van der Waals surface area contributed by atoms with Crippen LogP contribution in [0.25, 0.3) is 16.7 Å². The molecule has 0 radical (unpaired) electrons. The summed E-state index contributed by atoms with van der Waals surface area (Å²) in [6, 6.07) is 12.6. The van der Waals surface area contributed by atoms with Crippen LogP contribution < -0.4 is 9.47 Å². The molecular weight excluding hydrogens is 372 g/mol. The highest BCUT2D eigenvalue weighted by molar-refractivity contribution is 5.85. The number of benzene rings is 2. The summed E-state index contributed by atoms with van der Waals surface area (Å²) in [5.41, 5.74) is 2.28. The second-order valence-corrected chi connectivity index (χ2v) is 6.10. The van der Waals surface area contributed by atoms with Crippen LogP contribution in [-0.4, -0.2) is 39.1 Å². The number of phenolic OH excluding ortho intramolecular Hbond substituents is 1. The molecule has 29 heavy (non-hydrogen) atoms. The molecule has 0 aliphatic heterocycles. The summed E-state index contributed by atoms with van der Waals surface area (Å²) in [5, 5.41) is 23.2. The number of nitrogens with zero attached hydrogens (tertiary/aromatic N) is 6. The minimum absolute atomic E-state index is 0.0793. The predicted molar refractivity (Wildman–Crippen MR) is 106 cm³/mol. The number of methoxy groups -OCH3 is 2. The first-order chi connectivity index (χ1) is 14.2. The maximum Gasteiger partial charge on any atom is 0.188 e. The molecule has 0 unspecified atom stereocenters. The molecule has 0 aliphatic carbocycles. The van der Waals surface area contributed by atoms with E-state index in [4.69, 9.17) is 9.47 Å². The molecule has 0 atom stereocenters. The van der Waals surface area contributed by atoms with Gasteiger partial charge in [0.2, 0.25) is 0 Å². The third-order valence-electron chi connectivity index (χ3n) is 4.31. The highest BCUT2D eigenvalue weighted by atomic mass is 16.5. The molecule has 0 bridgehead atoms. The quantitative estimate of drug-likeness (QED) is 0.502. The lowest BCUT2D eigenvalue weighted by atomic mass is 10.2. The molecule has 0 aliphatic rings. The van der Waals surface area contributed by atoms with E-state index in [0.29, 0.717) is 29.1 Å². The summed E-state index contributed by atoms with van der Waals surface area (Å²) in [7, 11) is 3.11. The summed E-state index contributed by atoms with van der Waals surface area (Å²) in [6.45, 7) is 0.312. The molecule has 0 fully saturated rings. The van der Waals surface area contributed by atoms with Crippen molar-refractivity contribution in [2.24, 2.45) is 10.2 Å². The van der Waals surface area contributed by atoms with Gasteiger partial charge in [0.05, 0.1) is 38.0 Å². The molecule has 146 valence electrons. The van der Waals surface area contributed by atoms with E-state index in [-0.39, 0.29) is 5.75 Å². The lowest BCUT2D eigenvalue weighted by molar-refractivity contribution is 0.373. The lowest BCUT2D eigenvalue weighted by Crippen LogP contribution is -1.98. The van der Waals surface area contributed by atoms with Gasteiger partial charge < -0.3 is 14.6 Å². The molecule has 0 amide bonds. The van der Waals surface area contributed by atoms with E-state index in [1.54, 1.807) is 36.2 Å². The molecule has 9 heteroatoms. The third kappa shape index (κ3) is 3.70. The second kappa shape index (κ2) is 7.93. The maximum absolute atomic E-state index is 9.67. The van der Waals surface area contributed by atoms with Crippen molar-refractivity contribution in [3.8, 4) is 22.9 Å². The van der Waals surface area contributed by atoms with Crippen molar-refractivity contribution >= 4 is 16.9 Å². The van der Waals surface area contributed by atoms with Gasteiger partial charge in [-0.05, 0) is 29.8 Å². The van der Waals surface area contributed by atoms with Crippen LogP contribution in [0.4, 0.5) is 5.82 Å². The average Bonchev–Trinajstić information content (AvgIpc) is 3.20. The van der Waals surface area contributed by atoms with E-state index in [9.17, 15) is 5.11 Å². The summed E-state index contributed by atoms with van der Waals surface area (Å²) in [4.78, 5) is 8.55. The zero-order chi connectivity index (χ0) is 20.2. The summed E-state index contributed by atoms with van der Waals surface area (Å²) in [6.07, 6.45) is 3.09. The minimum atomic E-state index is 0.0793. The minimum Gasteiger partial charge on any atom is -0.504 e. The van der Waals surface area contributed by atoms with Gasteiger partial charge >= 0.3 is 0 Å². The number of phenols is 1. The number of hydrogen-bond acceptors (Lipinski definition) is 8. The van der Waals surface area contributed by atoms with Crippen LogP contribution in [0.1, 0.15) is 5.56 Å². The van der Waals surface area contributed by atoms with Gasteiger partial charge in [-0.2, -0.15) is 10.2 Å². The van der Waals surface area contributed by atoms with Crippen LogP contribution in [0.2, 0.25) is 0 Å². The number of aromatic nitrogens is 4. The van der Waals surface area contributed by atoms with E-state index in [1.807, 2.05) is 24.3 Å². The van der Waals surface area contributed by atoms with Gasteiger partial charge in [0.1, 0.15) is 12.1 Å². The Balaban J connectivity index is 1.62. The van der Waals surface area contributed by atoms with Crippen molar-refractivity contribution in [3.05, 3.63) is 60.6 Å². The van der Waals surface area contributed by atoms with Crippen molar-refractivity contribution < 1.29 is 14.6 Å². The zero-order valence-corrected chi connectivity index (χ0v) is 15.9. The number of azo groups is 1. The Kier molecular flexibility index (Phi) is 5.02. The van der Waals surface area contributed by atoms with Crippen LogP contribution >= 0.6 is 0 Å². The summed E-state index contributed by atoms with van der Waals surface area (Å²) in [5.74, 6) is 1.62. The molecule has 4 rings (SSSR count). The molecule has 2 aromatic heterocycles. The van der Waals surface area contributed by atoms with Crippen LogP contribution in [0.3, 0.4) is 0 Å². The van der Waals surface area contributed by atoms with E-state index < -0.39 is 0 Å². The van der Waals surface area contributed by atoms with Gasteiger partial charge in [-0.1, -0.05) is 12.1 Å². The van der Waals surface area contributed by atoms with Gasteiger partial charge in [-0.15, -0.1) is 5.11 Å². The molecule has 4 aromatic rings. The van der Waals surface area contributed by atoms with Crippen molar-refractivity contribution in [1.82, 2.24) is 19.7 Å². The predicted octanol–water partition coefficient (Wildman–Crippen LogP) is 3.82. The second-order valence-electron chi connectivity index (χ2n) is 6.10. The molecule has 0 saturated carbocycles. The number of fused-ring (bicyclic) bond motifs is 1. The monoisotopic (exact) mass is 390 g/mol. The smallest absolute Gasteiger partial charge is 0.188 e. The van der Waals surface area contributed by atoms with Gasteiger partial charge in [-0.25, -0.2) is 14.6 Å². The SMILES string of the molecule is COc1cccc(-n2ncc3c(N=NCc4ccc(O)c(OC)c4)ncnc32)c1. The Labute approximate surface area is 166 Å². The fourth-order valence-electron chi connectivity index (χ4n) is 2.85. The van der Waals surface area contributed by atoms with Crippen LogP contribution in [0.15, 0.2) is 65.2 Å². The third-order valence-corrected chi connectivity index (χ3v) is 4.31. The van der Waals surface area contributed by atoms with E-state index >= 15 is 0 Å². The Morgan fingerprint density at radius 3 is 2.79 bits per heavy atom. The van der Waals surface area contributed by atoms with Crippen LogP contribution in [-0.2, 0) is 6.54 Å². The molecule has 1 N–H and O–H groups in total. The molecule has 0 spiro atoms. The first-order valence-corrected chi connectivity index (χ1v) is 8.76. The largest absolute Gasteiger partial charge is 0.504 e. The topological polar surface area (TPSA) is 107 Å². The van der Waals surface area contributed by atoms with Crippen molar-refractivity contribution in [2.45, 2.75) is 6.54 Å². The Bertz CT molecular complexity index is 1190. The first-order valence-electron chi connectivity index (χ1n) is 8.76.